The van der Waals surface area contributed by atoms with Crippen LogP contribution in [0.15, 0.2) is 30.3 Å². The van der Waals surface area contributed by atoms with E-state index in [-0.39, 0.29) is 11.4 Å². The number of urea groups is 1. The number of carbonyl (C=O) groups excluding carboxylic acids is 1. The molecule has 0 heterocycles. The summed E-state index contributed by atoms with van der Waals surface area (Å²) in [6.45, 7) is 3.44. The molecule has 4 heteroatoms. The molecule has 0 spiro atoms. The van der Waals surface area contributed by atoms with E-state index in [0.717, 1.165) is 12.1 Å². The van der Waals surface area contributed by atoms with Gasteiger partial charge >= 0.3 is 6.03 Å². The van der Waals surface area contributed by atoms with Gasteiger partial charge in [0.15, 0.2) is 0 Å². The average Bonchev–Trinajstić information content (AvgIpc) is 2.93. The van der Waals surface area contributed by atoms with E-state index in [4.69, 9.17) is 0 Å². The second-order valence-corrected chi connectivity index (χ2v) is 6.34. The van der Waals surface area contributed by atoms with Crippen molar-refractivity contribution < 1.29 is 9.90 Å². The Kier molecular flexibility index (Phi) is 5.62. The number of amides is 2. The largest absolute Gasteiger partial charge is 0.388 e. The lowest BCUT2D eigenvalue weighted by atomic mass is 9.89. The lowest BCUT2D eigenvalue weighted by molar-refractivity contribution is 0.166. The fourth-order valence-corrected chi connectivity index (χ4v) is 2.93. The molecular weight excluding hydrogens is 264 g/mol. The lowest BCUT2D eigenvalue weighted by Crippen LogP contribution is -2.41. The number of rotatable bonds is 6. The van der Waals surface area contributed by atoms with Crippen LogP contribution in [0.1, 0.15) is 50.7 Å². The first kappa shape index (κ1) is 15.8. The van der Waals surface area contributed by atoms with Crippen molar-refractivity contribution in [3.63, 3.8) is 0 Å². The van der Waals surface area contributed by atoms with Crippen LogP contribution in [0.4, 0.5) is 4.79 Å². The van der Waals surface area contributed by atoms with E-state index in [9.17, 15) is 9.90 Å². The van der Waals surface area contributed by atoms with Crippen molar-refractivity contribution in [2.45, 2.75) is 45.1 Å². The highest BCUT2D eigenvalue weighted by Crippen LogP contribution is 2.36. The molecule has 0 aromatic heterocycles. The maximum atomic E-state index is 11.8. The molecule has 1 aromatic rings. The molecule has 1 saturated carbocycles. The first-order valence-electron chi connectivity index (χ1n) is 7.84. The van der Waals surface area contributed by atoms with Crippen LogP contribution in [0, 0.1) is 5.41 Å². The molecule has 2 amide bonds. The topological polar surface area (TPSA) is 61.4 Å². The fourth-order valence-electron chi connectivity index (χ4n) is 2.93. The predicted octanol–water partition coefficient (Wildman–Crippen LogP) is 2.99. The van der Waals surface area contributed by atoms with Gasteiger partial charge in [-0.05, 0) is 30.2 Å². The fraction of sp³-hybridized carbons (Fsp3) is 0.588. The summed E-state index contributed by atoms with van der Waals surface area (Å²) >= 11 is 0. The molecule has 1 aliphatic carbocycles. The normalized spacial score (nSPS) is 18.2. The monoisotopic (exact) mass is 290 g/mol. The number of aliphatic hydroxyl groups excluding tert-OH is 1. The molecule has 4 nitrogen and oxygen atoms in total. The Morgan fingerprint density at radius 2 is 1.90 bits per heavy atom. The zero-order valence-electron chi connectivity index (χ0n) is 12.8. The molecule has 116 valence electrons. The van der Waals surface area contributed by atoms with E-state index >= 15 is 0 Å². The molecular formula is C17H26N2O2. The maximum absolute atomic E-state index is 11.8. The number of aliphatic hydroxyl groups is 1. The van der Waals surface area contributed by atoms with Crippen molar-refractivity contribution in [3.05, 3.63) is 35.9 Å². The Bertz CT molecular complexity index is 441. The van der Waals surface area contributed by atoms with Gasteiger partial charge in [0.05, 0.1) is 6.10 Å². The van der Waals surface area contributed by atoms with Gasteiger partial charge in [0.1, 0.15) is 0 Å². The van der Waals surface area contributed by atoms with Gasteiger partial charge < -0.3 is 15.7 Å². The highest BCUT2D eigenvalue weighted by molar-refractivity contribution is 5.73. The summed E-state index contributed by atoms with van der Waals surface area (Å²) in [5.41, 5.74) is 1.15. The van der Waals surface area contributed by atoms with Gasteiger partial charge in [0.2, 0.25) is 0 Å². The molecule has 1 aliphatic rings. The van der Waals surface area contributed by atoms with Crippen LogP contribution in [-0.4, -0.2) is 24.2 Å². The van der Waals surface area contributed by atoms with Crippen LogP contribution in [-0.2, 0) is 0 Å². The molecule has 3 N–H and O–H groups in total. The van der Waals surface area contributed by atoms with E-state index in [0.29, 0.717) is 13.0 Å². The molecule has 1 fully saturated rings. The first-order valence-corrected chi connectivity index (χ1v) is 7.84. The number of hydrogen-bond donors (Lipinski definition) is 3. The van der Waals surface area contributed by atoms with Crippen molar-refractivity contribution in [2.75, 3.05) is 13.1 Å². The predicted molar refractivity (Wildman–Crippen MR) is 84.0 cm³/mol. The second kappa shape index (κ2) is 7.46. The molecule has 1 atom stereocenters. The highest BCUT2D eigenvalue weighted by atomic mass is 16.3. The third-order valence-corrected chi connectivity index (χ3v) is 4.37. The van der Waals surface area contributed by atoms with Crippen molar-refractivity contribution >= 4 is 6.03 Å². The summed E-state index contributed by atoms with van der Waals surface area (Å²) in [5, 5.41) is 15.8. The van der Waals surface area contributed by atoms with Crippen LogP contribution >= 0.6 is 0 Å². The zero-order chi connectivity index (χ0) is 15.1. The molecule has 0 aliphatic heterocycles. The van der Waals surface area contributed by atoms with Gasteiger partial charge in [-0.15, -0.1) is 0 Å². The van der Waals surface area contributed by atoms with Gasteiger partial charge in [-0.25, -0.2) is 4.79 Å². The first-order chi connectivity index (χ1) is 10.1. The maximum Gasteiger partial charge on any atom is 0.314 e. The van der Waals surface area contributed by atoms with Crippen molar-refractivity contribution in [1.29, 1.82) is 0 Å². The van der Waals surface area contributed by atoms with E-state index in [1.807, 2.05) is 30.3 Å². The second-order valence-electron chi connectivity index (χ2n) is 6.34. The van der Waals surface area contributed by atoms with Gasteiger partial charge in [0, 0.05) is 13.1 Å². The summed E-state index contributed by atoms with van der Waals surface area (Å²) in [6, 6.07) is 9.38. The van der Waals surface area contributed by atoms with E-state index in [1.54, 1.807) is 0 Å². The van der Waals surface area contributed by atoms with E-state index in [2.05, 4.69) is 17.6 Å². The number of hydrogen-bond acceptors (Lipinski definition) is 2. The number of nitrogens with one attached hydrogen (secondary N) is 2. The Morgan fingerprint density at radius 3 is 2.57 bits per heavy atom. The van der Waals surface area contributed by atoms with Gasteiger partial charge in [-0.1, -0.05) is 50.1 Å². The van der Waals surface area contributed by atoms with Gasteiger partial charge in [0.25, 0.3) is 0 Å². The minimum absolute atomic E-state index is 0.136. The van der Waals surface area contributed by atoms with Crippen LogP contribution in [0.2, 0.25) is 0 Å². The highest BCUT2D eigenvalue weighted by Gasteiger charge is 2.28. The molecule has 0 bridgehead atoms. The van der Waals surface area contributed by atoms with Crippen molar-refractivity contribution in [2.24, 2.45) is 5.41 Å². The minimum atomic E-state index is -0.529. The van der Waals surface area contributed by atoms with Crippen LogP contribution < -0.4 is 10.6 Å². The summed E-state index contributed by atoms with van der Waals surface area (Å²) in [5.74, 6) is 0. The number of carbonyl (C=O) groups is 1. The molecule has 1 unspecified atom stereocenters. The minimum Gasteiger partial charge on any atom is -0.388 e. The molecule has 1 aromatic carbocycles. The molecule has 0 radical (unpaired) electrons. The molecule has 0 saturated heterocycles. The van der Waals surface area contributed by atoms with Crippen LogP contribution in [0.25, 0.3) is 0 Å². The average molecular weight is 290 g/mol. The smallest absolute Gasteiger partial charge is 0.314 e. The molecule has 21 heavy (non-hydrogen) atoms. The molecule has 2 rings (SSSR count). The zero-order valence-corrected chi connectivity index (χ0v) is 12.8. The van der Waals surface area contributed by atoms with Crippen LogP contribution in [0.3, 0.4) is 0 Å². The quantitative estimate of drug-likeness (QED) is 0.754. The summed E-state index contributed by atoms with van der Waals surface area (Å²) in [6.07, 6.45) is 4.92. The van der Waals surface area contributed by atoms with E-state index in [1.165, 1.54) is 25.7 Å². The summed E-state index contributed by atoms with van der Waals surface area (Å²) < 4.78 is 0. The van der Waals surface area contributed by atoms with Crippen molar-refractivity contribution in [1.82, 2.24) is 10.6 Å². The Morgan fingerprint density at radius 1 is 1.24 bits per heavy atom. The summed E-state index contributed by atoms with van der Waals surface area (Å²) in [7, 11) is 0. The number of benzene rings is 1. The van der Waals surface area contributed by atoms with Crippen LogP contribution in [0.5, 0.6) is 0 Å². The SMILES string of the molecule is CC1(CNC(=O)NCCC(O)c2ccccc2)CCCC1. The Balaban J connectivity index is 1.63. The van der Waals surface area contributed by atoms with E-state index < -0.39 is 6.10 Å². The van der Waals surface area contributed by atoms with Gasteiger partial charge in [-0.2, -0.15) is 0 Å². The standard InChI is InChI=1S/C17H26N2O2/c1-17(10-5-6-11-17)13-19-16(21)18-12-9-15(20)14-7-3-2-4-8-14/h2-4,7-8,15,20H,5-6,9-13H2,1H3,(H2,18,19,21). The van der Waals surface area contributed by atoms with Gasteiger partial charge in [-0.3, -0.25) is 0 Å². The van der Waals surface area contributed by atoms with Crippen molar-refractivity contribution in [3.8, 4) is 0 Å². The summed E-state index contributed by atoms with van der Waals surface area (Å²) in [4.78, 5) is 11.8. The Hall–Kier alpha value is -1.55. The lowest BCUT2D eigenvalue weighted by Gasteiger charge is -2.23. The third-order valence-electron chi connectivity index (χ3n) is 4.37. The third kappa shape index (κ3) is 5.05. The Labute approximate surface area is 126 Å².